The molecule has 1 fully saturated rings. The maximum Gasteiger partial charge on any atom is 0.140 e. The molecule has 3 aromatic carbocycles. The second kappa shape index (κ2) is 8.99. The van der Waals surface area contributed by atoms with E-state index >= 15 is 0 Å². The summed E-state index contributed by atoms with van der Waals surface area (Å²) in [4.78, 5) is 0. The lowest BCUT2D eigenvalue weighted by atomic mass is 9.88. The van der Waals surface area contributed by atoms with Crippen LogP contribution < -0.4 is 0 Å². The van der Waals surface area contributed by atoms with Crippen LogP contribution in [-0.2, 0) is 5.60 Å². The van der Waals surface area contributed by atoms with Gasteiger partial charge < -0.3 is 9.59 Å². The van der Waals surface area contributed by atoms with Gasteiger partial charge in [-0.15, -0.1) is 0 Å². The molecule has 0 radical (unpaired) electrons. The standard InChI is InChI=1S/C30H31ClNO/c1-2-19-32(21-17-24(22-32)23-13-15-25(31)16-14-23)20-8-7-18-30(33)28-11-5-3-9-26(28)27-10-4-6-12-29(27)30/h3-6,9-16,24,33H,2,17-22H2,1H3/q+1. The molecular weight excluding hydrogens is 426 g/mol. The zero-order chi connectivity index (χ0) is 22.9. The van der Waals surface area contributed by atoms with Crippen molar-refractivity contribution in [3.8, 4) is 23.0 Å². The molecule has 2 atom stereocenters. The predicted molar refractivity (Wildman–Crippen MR) is 136 cm³/mol. The number of hydrogen-bond donors (Lipinski definition) is 1. The number of nitrogens with zero attached hydrogens (tertiary/aromatic N) is 1. The van der Waals surface area contributed by atoms with Crippen molar-refractivity contribution in [2.75, 3.05) is 26.2 Å². The largest absolute Gasteiger partial charge is 0.379 e. The topological polar surface area (TPSA) is 20.2 Å². The minimum atomic E-state index is -1.04. The summed E-state index contributed by atoms with van der Waals surface area (Å²) in [5.74, 6) is 7.44. The molecule has 0 spiro atoms. The number of halogens is 1. The van der Waals surface area contributed by atoms with E-state index in [1.54, 1.807) is 0 Å². The number of likely N-dealkylation sites (tertiary alicyclic amines) is 1. The zero-order valence-electron chi connectivity index (χ0n) is 19.2. The van der Waals surface area contributed by atoms with Crippen LogP contribution in [0.5, 0.6) is 0 Å². The molecular formula is C30H31ClNO+. The lowest BCUT2D eigenvalue weighted by Gasteiger charge is -2.32. The van der Waals surface area contributed by atoms with Gasteiger partial charge in [-0.25, -0.2) is 0 Å². The van der Waals surface area contributed by atoms with E-state index in [2.05, 4.69) is 43.0 Å². The van der Waals surface area contributed by atoms with Crippen LogP contribution in [0.1, 0.15) is 48.8 Å². The van der Waals surface area contributed by atoms with E-state index < -0.39 is 5.60 Å². The molecule has 3 aromatic rings. The second-order valence-corrected chi connectivity index (χ2v) is 10.1. The van der Waals surface area contributed by atoms with Crippen LogP contribution in [0.4, 0.5) is 0 Å². The Morgan fingerprint density at radius 1 is 0.939 bits per heavy atom. The van der Waals surface area contributed by atoms with Crippen molar-refractivity contribution >= 4 is 11.6 Å². The van der Waals surface area contributed by atoms with Gasteiger partial charge in [0, 0.05) is 23.8 Å². The number of aliphatic hydroxyl groups is 1. The summed E-state index contributed by atoms with van der Waals surface area (Å²) in [7, 11) is 0. The van der Waals surface area contributed by atoms with Crippen molar-refractivity contribution in [2.24, 2.45) is 0 Å². The van der Waals surface area contributed by atoms with Crippen LogP contribution >= 0.6 is 11.6 Å². The van der Waals surface area contributed by atoms with Crippen molar-refractivity contribution in [1.82, 2.24) is 0 Å². The molecule has 1 aliphatic carbocycles. The monoisotopic (exact) mass is 456 g/mol. The van der Waals surface area contributed by atoms with E-state index in [1.807, 2.05) is 48.5 Å². The van der Waals surface area contributed by atoms with Crippen molar-refractivity contribution in [1.29, 1.82) is 0 Å². The highest BCUT2D eigenvalue weighted by Crippen LogP contribution is 2.48. The van der Waals surface area contributed by atoms with E-state index in [0.717, 1.165) is 64.4 Å². The highest BCUT2D eigenvalue weighted by atomic mass is 35.5. The molecule has 2 aliphatic rings. The van der Waals surface area contributed by atoms with Crippen LogP contribution in [0.15, 0.2) is 72.8 Å². The van der Waals surface area contributed by atoms with Crippen molar-refractivity contribution < 1.29 is 9.59 Å². The first-order valence-electron chi connectivity index (χ1n) is 12.0. The van der Waals surface area contributed by atoms with Gasteiger partial charge in [0.25, 0.3) is 0 Å². The molecule has 1 aliphatic heterocycles. The van der Waals surface area contributed by atoms with Gasteiger partial charge in [0.2, 0.25) is 0 Å². The molecule has 5 rings (SSSR count). The SMILES string of the molecule is CCC[N+]1(CC#CCC2(O)c3ccccc3-c3ccccc32)CCC(c2ccc(Cl)cc2)C1. The van der Waals surface area contributed by atoms with E-state index in [1.165, 1.54) is 12.0 Å². The van der Waals surface area contributed by atoms with Gasteiger partial charge in [-0.1, -0.05) is 85.1 Å². The van der Waals surface area contributed by atoms with Gasteiger partial charge in [0.05, 0.1) is 19.6 Å². The lowest BCUT2D eigenvalue weighted by Crippen LogP contribution is -2.46. The molecule has 1 heterocycles. The Kier molecular flexibility index (Phi) is 6.06. The maximum atomic E-state index is 11.7. The Morgan fingerprint density at radius 3 is 2.21 bits per heavy atom. The molecule has 0 aromatic heterocycles. The number of fused-ring (bicyclic) bond motifs is 3. The summed E-state index contributed by atoms with van der Waals surface area (Å²) >= 11 is 6.09. The fourth-order valence-corrected chi connectivity index (χ4v) is 6.02. The van der Waals surface area contributed by atoms with E-state index in [0.29, 0.717) is 12.3 Å². The minimum Gasteiger partial charge on any atom is -0.379 e. The lowest BCUT2D eigenvalue weighted by molar-refractivity contribution is -0.910. The van der Waals surface area contributed by atoms with Gasteiger partial charge in [-0.05, 0) is 52.3 Å². The first-order chi connectivity index (χ1) is 16.0. The molecule has 0 bridgehead atoms. The fourth-order valence-electron chi connectivity index (χ4n) is 5.89. The summed E-state index contributed by atoms with van der Waals surface area (Å²) in [6.45, 7) is 6.54. The Morgan fingerprint density at radius 2 is 1.58 bits per heavy atom. The van der Waals surface area contributed by atoms with Gasteiger partial charge in [0.15, 0.2) is 0 Å². The number of rotatable bonds is 5. The third kappa shape index (κ3) is 4.11. The second-order valence-electron chi connectivity index (χ2n) is 9.65. The number of benzene rings is 3. The van der Waals surface area contributed by atoms with Crippen molar-refractivity contribution in [3.63, 3.8) is 0 Å². The van der Waals surface area contributed by atoms with E-state index in [4.69, 9.17) is 11.6 Å². The first kappa shape index (κ1) is 22.2. The average molecular weight is 457 g/mol. The fraction of sp³-hybridized carbons (Fsp3) is 0.333. The quantitative estimate of drug-likeness (QED) is 0.349. The summed E-state index contributed by atoms with van der Waals surface area (Å²) in [5.41, 5.74) is 4.54. The smallest absolute Gasteiger partial charge is 0.140 e. The van der Waals surface area contributed by atoms with Crippen LogP contribution in [-0.4, -0.2) is 35.8 Å². The highest BCUT2D eigenvalue weighted by Gasteiger charge is 2.41. The Bertz CT molecular complexity index is 1160. The minimum absolute atomic E-state index is 0.424. The van der Waals surface area contributed by atoms with E-state index in [-0.39, 0.29) is 0 Å². The molecule has 3 heteroatoms. The van der Waals surface area contributed by atoms with Crippen molar-refractivity contribution in [3.05, 3.63) is 94.5 Å². The van der Waals surface area contributed by atoms with Crippen LogP contribution in [0, 0.1) is 11.8 Å². The summed E-state index contributed by atoms with van der Waals surface area (Å²) in [6, 6.07) is 24.7. The third-order valence-electron chi connectivity index (χ3n) is 7.52. The normalized spacial score (nSPS) is 22.3. The first-order valence-corrected chi connectivity index (χ1v) is 12.4. The molecule has 168 valence electrons. The molecule has 2 nitrogen and oxygen atoms in total. The molecule has 0 saturated carbocycles. The Labute approximate surface area is 202 Å². The summed E-state index contributed by atoms with van der Waals surface area (Å²) in [6.07, 6.45) is 2.77. The third-order valence-corrected chi connectivity index (χ3v) is 7.77. The maximum absolute atomic E-state index is 11.7. The van der Waals surface area contributed by atoms with Gasteiger partial charge >= 0.3 is 0 Å². The molecule has 1 saturated heterocycles. The van der Waals surface area contributed by atoms with E-state index in [9.17, 15) is 5.11 Å². The molecule has 1 N–H and O–H groups in total. The van der Waals surface area contributed by atoms with Crippen LogP contribution in [0.3, 0.4) is 0 Å². The van der Waals surface area contributed by atoms with Gasteiger partial charge in [-0.3, -0.25) is 0 Å². The predicted octanol–water partition coefficient (Wildman–Crippen LogP) is 6.36. The summed E-state index contributed by atoms with van der Waals surface area (Å²) < 4.78 is 1.04. The molecule has 2 unspecified atom stereocenters. The van der Waals surface area contributed by atoms with Gasteiger partial charge in [-0.2, -0.15) is 0 Å². The summed E-state index contributed by atoms with van der Waals surface area (Å²) in [5, 5.41) is 12.5. The zero-order valence-corrected chi connectivity index (χ0v) is 20.0. The Hall–Kier alpha value is -2.57. The molecule has 33 heavy (non-hydrogen) atoms. The molecule has 0 amide bonds. The van der Waals surface area contributed by atoms with Crippen molar-refractivity contribution in [2.45, 2.75) is 37.7 Å². The number of hydrogen-bond acceptors (Lipinski definition) is 1. The number of quaternary nitrogens is 1. The average Bonchev–Trinajstić information content (AvgIpc) is 3.37. The highest BCUT2D eigenvalue weighted by molar-refractivity contribution is 6.30. The van der Waals surface area contributed by atoms with Crippen LogP contribution in [0.25, 0.3) is 11.1 Å². The van der Waals surface area contributed by atoms with Crippen LogP contribution in [0.2, 0.25) is 5.02 Å². The Balaban J connectivity index is 1.34. The van der Waals surface area contributed by atoms with Gasteiger partial charge in [0.1, 0.15) is 12.1 Å².